The summed E-state index contributed by atoms with van der Waals surface area (Å²) in [5, 5.41) is 0. The third kappa shape index (κ3) is 2.41. The minimum absolute atomic E-state index is 0.692. The molecule has 2 heteroatoms. The predicted molar refractivity (Wildman–Crippen MR) is 67.4 cm³/mol. The van der Waals surface area contributed by atoms with Crippen molar-refractivity contribution < 1.29 is 0 Å². The van der Waals surface area contributed by atoms with Crippen molar-refractivity contribution in [3.63, 3.8) is 0 Å². The van der Waals surface area contributed by atoms with Crippen molar-refractivity contribution in [1.29, 1.82) is 0 Å². The summed E-state index contributed by atoms with van der Waals surface area (Å²) in [7, 11) is 0. The van der Waals surface area contributed by atoms with Crippen LogP contribution < -0.4 is 0 Å². The largest absolute Gasteiger partial charge is 0.261 e. The molecule has 1 heterocycles. The van der Waals surface area contributed by atoms with E-state index in [-0.39, 0.29) is 0 Å². The van der Waals surface area contributed by atoms with Gasteiger partial charge >= 0.3 is 0 Å². The highest BCUT2D eigenvalue weighted by atomic mass is 79.9. The Morgan fingerprint density at radius 3 is 2.93 bits per heavy atom. The zero-order chi connectivity index (χ0) is 10.8. The molecule has 3 unspecified atom stereocenters. The molecule has 15 heavy (non-hydrogen) atoms. The Balaban J connectivity index is 2.25. The fraction of sp³-hybridized carbons (Fsp3) is 0.615. The first-order chi connectivity index (χ1) is 7.18. The Kier molecular flexibility index (Phi) is 3.45. The number of hydrogen-bond donors (Lipinski definition) is 0. The quantitative estimate of drug-likeness (QED) is 0.700. The van der Waals surface area contributed by atoms with Gasteiger partial charge in [0, 0.05) is 16.7 Å². The number of aromatic nitrogens is 1. The molecule has 2 rings (SSSR count). The van der Waals surface area contributed by atoms with Crippen molar-refractivity contribution in [2.24, 2.45) is 5.92 Å². The van der Waals surface area contributed by atoms with Crippen LogP contribution >= 0.6 is 15.9 Å². The molecular formula is C13H18BrN. The summed E-state index contributed by atoms with van der Waals surface area (Å²) in [6.07, 6.45) is 5.79. The van der Waals surface area contributed by atoms with Gasteiger partial charge in [-0.2, -0.15) is 0 Å². The van der Waals surface area contributed by atoms with Gasteiger partial charge in [0.2, 0.25) is 0 Å². The summed E-state index contributed by atoms with van der Waals surface area (Å²) in [5.74, 6) is 1.48. The molecule has 1 aromatic heterocycles. The molecule has 0 amide bonds. The predicted octanol–water partition coefficient (Wildman–Crippen LogP) is 4.06. The molecule has 1 aliphatic rings. The van der Waals surface area contributed by atoms with E-state index in [2.05, 4.69) is 46.9 Å². The SMILES string of the molecule is Cc1ncccc1C1CC(Br)CCC1C. The summed E-state index contributed by atoms with van der Waals surface area (Å²) in [5.41, 5.74) is 2.66. The standard InChI is InChI=1S/C13H18BrN/c1-9-5-6-11(14)8-13(9)12-4-3-7-15-10(12)2/h3-4,7,9,11,13H,5-6,8H2,1-2H3. The van der Waals surface area contributed by atoms with Crippen molar-refractivity contribution in [3.8, 4) is 0 Å². The number of pyridine rings is 1. The molecule has 1 aromatic rings. The van der Waals surface area contributed by atoms with Crippen LogP contribution in [0.4, 0.5) is 0 Å². The minimum atomic E-state index is 0.692. The van der Waals surface area contributed by atoms with Crippen LogP contribution in [-0.2, 0) is 0 Å². The molecule has 0 aliphatic heterocycles. The monoisotopic (exact) mass is 267 g/mol. The van der Waals surface area contributed by atoms with Gasteiger partial charge in [0.15, 0.2) is 0 Å². The molecule has 82 valence electrons. The van der Waals surface area contributed by atoms with E-state index in [4.69, 9.17) is 0 Å². The molecule has 0 spiro atoms. The summed E-state index contributed by atoms with van der Waals surface area (Å²) in [6, 6.07) is 4.31. The lowest BCUT2D eigenvalue weighted by atomic mass is 9.76. The number of hydrogen-bond acceptors (Lipinski definition) is 1. The van der Waals surface area contributed by atoms with E-state index in [0.717, 1.165) is 5.92 Å². The zero-order valence-electron chi connectivity index (χ0n) is 9.41. The Labute approximate surface area is 100 Å². The highest BCUT2D eigenvalue weighted by molar-refractivity contribution is 9.09. The van der Waals surface area contributed by atoms with E-state index in [0.29, 0.717) is 10.7 Å². The first-order valence-electron chi connectivity index (χ1n) is 5.74. The third-order valence-corrected chi connectivity index (χ3v) is 4.41. The van der Waals surface area contributed by atoms with Crippen molar-refractivity contribution in [1.82, 2.24) is 4.98 Å². The molecule has 1 saturated carbocycles. The van der Waals surface area contributed by atoms with E-state index in [1.165, 1.54) is 30.5 Å². The van der Waals surface area contributed by atoms with Crippen LogP contribution in [0.25, 0.3) is 0 Å². The zero-order valence-corrected chi connectivity index (χ0v) is 11.0. The maximum Gasteiger partial charge on any atom is 0.0407 e. The van der Waals surface area contributed by atoms with E-state index in [1.54, 1.807) is 0 Å². The van der Waals surface area contributed by atoms with Crippen LogP contribution in [0.3, 0.4) is 0 Å². The molecule has 0 radical (unpaired) electrons. The summed E-state index contributed by atoms with van der Waals surface area (Å²) < 4.78 is 0. The van der Waals surface area contributed by atoms with Gasteiger partial charge in [-0.3, -0.25) is 4.98 Å². The molecule has 3 atom stereocenters. The number of nitrogens with zero attached hydrogens (tertiary/aromatic N) is 1. The second-order valence-corrected chi connectivity index (χ2v) is 5.97. The highest BCUT2D eigenvalue weighted by Gasteiger charge is 2.28. The lowest BCUT2D eigenvalue weighted by molar-refractivity contribution is 0.339. The van der Waals surface area contributed by atoms with Crippen LogP contribution in [0.15, 0.2) is 18.3 Å². The second kappa shape index (κ2) is 4.65. The van der Waals surface area contributed by atoms with E-state index >= 15 is 0 Å². The van der Waals surface area contributed by atoms with E-state index in [9.17, 15) is 0 Å². The molecule has 1 nitrogen and oxygen atoms in total. The topological polar surface area (TPSA) is 12.9 Å². The Bertz CT molecular complexity index is 337. The Morgan fingerprint density at radius 2 is 2.20 bits per heavy atom. The van der Waals surface area contributed by atoms with Crippen LogP contribution in [0, 0.1) is 12.8 Å². The number of aryl methyl sites for hydroxylation is 1. The van der Waals surface area contributed by atoms with Gasteiger partial charge in [0.05, 0.1) is 0 Å². The number of rotatable bonds is 1. The molecule has 0 bridgehead atoms. The van der Waals surface area contributed by atoms with Crippen LogP contribution in [0.1, 0.15) is 43.4 Å². The Morgan fingerprint density at radius 1 is 1.40 bits per heavy atom. The third-order valence-electron chi connectivity index (χ3n) is 3.58. The molecule has 1 fully saturated rings. The van der Waals surface area contributed by atoms with E-state index in [1.807, 2.05) is 6.20 Å². The average Bonchev–Trinajstić information content (AvgIpc) is 2.23. The highest BCUT2D eigenvalue weighted by Crippen LogP contribution is 2.40. The van der Waals surface area contributed by atoms with Gasteiger partial charge in [0.1, 0.15) is 0 Å². The van der Waals surface area contributed by atoms with Gasteiger partial charge in [0.25, 0.3) is 0 Å². The lowest BCUT2D eigenvalue weighted by Crippen LogP contribution is -2.22. The van der Waals surface area contributed by atoms with Crippen LogP contribution in [0.2, 0.25) is 0 Å². The van der Waals surface area contributed by atoms with Gasteiger partial charge in [-0.1, -0.05) is 28.9 Å². The maximum absolute atomic E-state index is 4.40. The fourth-order valence-electron chi connectivity index (χ4n) is 2.59. The smallest absolute Gasteiger partial charge is 0.0407 e. The number of alkyl halides is 1. The second-order valence-electron chi connectivity index (χ2n) is 4.67. The molecule has 1 aliphatic carbocycles. The van der Waals surface area contributed by atoms with Gasteiger partial charge < -0.3 is 0 Å². The molecular weight excluding hydrogens is 250 g/mol. The molecule has 0 saturated heterocycles. The average molecular weight is 268 g/mol. The first-order valence-corrected chi connectivity index (χ1v) is 6.65. The van der Waals surface area contributed by atoms with Crippen molar-refractivity contribution in [2.45, 2.75) is 43.9 Å². The number of halogens is 1. The van der Waals surface area contributed by atoms with Crippen molar-refractivity contribution in [3.05, 3.63) is 29.6 Å². The van der Waals surface area contributed by atoms with E-state index < -0.39 is 0 Å². The minimum Gasteiger partial charge on any atom is -0.261 e. The Hall–Kier alpha value is -0.370. The normalized spacial score (nSPS) is 31.5. The maximum atomic E-state index is 4.40. The summed E-state index contributed by atoms with van der Waals surface area (Å²) in [6.45, 7) is 4.50. The first kappa shape index (κ1) is 11.1. The molecule has 0 aromatic carbocycles. The van der Waals surface area contributed by atoms with Crippen molar-refractivity contribution in [2.75, 3.05) is 0 Å². The van der Waals surface area contributed by atoms with Gasteiger partial charge in [-0.25, -0.2) is 0 Å². The van der Waals surface area contributed by atoms with Crippen molar-refractivity contribution >= 4 is 15.9 Å². The van der Waals surface area contributed by atoms with Crippen LogP contribution in [0.5, 0.6) is 0 Å². The van der Waals surface area contributed by atoms with Crippen LogP contribution in [-0.4, -0.2) is 9.81 Å². The summed E-state index contributed by atoms with van der Waals surface area (Å²) >= 11 is 3.76. The van der Waals surface area contributed by atoms with Gasteiger partial charge in [-0.05, 0) is 49.7 Å². The fourth-order valence-corrected chi connectivity index (χ4v) is 3.26. The lowest BCUT2D eigenvalue weighted by Gasteiger charge is -2.32. The summed E-state index contributed by atoms with van der Waals surface area (Å²) in [4.78, 5) is 5.09. The van der Waals surface area contributed by atoms with Gasteiger partial charge in [-0.15, -0.1) is 0 Å². The molecule has 0 N–H and O–H groups in total.